The largest absolute Gasteiger partial charge is 0.497 e. The fraction of sp³-hybridized carbons (Fsp3) is 0.556. The van der Waals surface area contributed by atoms with Gasteiger partial charge in [-0.05, 0) is 23.1 Å². The summed E-state index contributed by atoms with van der Waals surface area (Å²) in [7, 11) is 1.59. The zero-order valence-electron chi connectivity index (χ0n) is 14.1. The lowest BCUT2D eigenvalue weighted by Gasteiger charge is -2.28. The molecule has 4 heteroatoms. The van der Waals surface area contributed by atoms with E-state index in [2.05, 4.69) is 0 Å². The molecule has 4 nitrogen and oxygen atoms in total. The van der Waals surface area contributed by atoms with Crippen LogP contribution in [0, 0.1) is 11.3 Å². The van der Waals surface area contributed by atoms with Crippen LogP contribution >= 0.6 is 0 Å². The smallest absolute Gasteiger partial charge is 0.306 e. The van der Waals surface area contributed by atoms with Gasteiger partial charge in [-0.2, -0.15) is 0 Å². The summed E-state index contributed by atoms with van der Waals surface area (Å²) in [5.74, 6) is 0.174. The average molecular weight is 306 g/mol. The minimum atomic E-state index is -0.343. The number of rotatable bonds is 7. The van der Waals surface area contributed by atoms with Gasteiger partial charge in [0.25, 0.3) is 0 Å². The summed E-state index contributed by atoms with van der Waals surface area (Å²) in [6, 6.07) is 7.38. The Morgan fingerprint density at radius 2 is 1.91 bits per heavy atom. The van der Waals surface area contributed by atoms with E-state index in [1.807, 2.05) is 52.0 Å². The number of ketones is 1. The molecule has 0 aliphatic rings. The Hall–Kier alpha value is -1.84. The van der Waals surface area contributed by atoms with Gasteiger partial charge in [0.1, 0.15) is 18.1 Å². The second-order valence-corrected chi connectivity index (χ2v) is 6.45. The van der Waals surface area contributed by atoms with Crippen molar-refractivity contribution in [1.29, 1.82) is 0 Å². The molecule has 0 aliphatic carbocycles. The van der Waals surface area contributed by atoms with Crippen LogP contribution in [-0.2, 0) is 20.9 Å². The first-order valence-electron chi connectivity index (χ1n) is 7.59. The zero-order valence-corrected chi connectivity index (χ0v) is 14.1. The molecule has 0 amide bonds. The van der Waals surface area contributed by atoms with Gasteiger partial charge in [0.2, 0.25) is 0 Å². The van der Waals surface area contributed by atoms with Gasteiger partial charge in [0, 0.05) is 12.3 Å². The molecule has 0 radical (unpaired) electrons. The molecule has 0 bridgehead atoms. The molecule has 0 fully saturated rings. The summed E-state index contributed by atoms with van der Waals surface area (Å²) in [6.07, 6.45) is 0.561. The van der Waals surface area contributed by atoms with Crippen molar-refractivity contribution in [2.45, 2.75) is 47.1 Å². The SMILES string of the molecule is CCC(=O)C(CC(=O)OCc1cccc(OC)c1)C(C)(C)C. The van der Waals surface area contributed by atoms with Crippen LogP contribution in [-0.4, -0.2) is 18.9 Å². The van der Waals surface area contributed by atoms with Crippen LogP contribution in [0.5, 0.6) is 5.75 Å². The molecule has 1 aromatic rings. The van der Waals surface area contributed by atoms with E-state index in [-0.39, 0.29) is 36.1 Å². The number of carbonyl (C=O) groups excluding carboxylic acids is 2. The summed E-state index contributed by atoms with van der Waals surface area (Å²) in [4.78, 5) is 24.1. The summed E-state index contributed by atoms with van der Waals surface area (Å²) >= 11 is 0. The molecule has 0 aliphatic heterocycles. The van der Waals surface area contributed by atoms with Gasteiger partial charge in [-0.25, -0.2) is 0 Å². The van der Waals surface area contributed by atoms with Crippen molar-refractivity contribution >= 4 is 11.8 Å². The van der Waals surface area contributed by atoms with Crippen molar-refractivity contribution in [3.05, 3.63) is 29.8 Å². The highest BCUT2D eigenvalue weighted by Gasteiger charge is 2.32. The highest BCUT2D eigenvalue weighted by atomic mass is 16.5. The van der Waals surface area contributed by atoms with Gasteiger partial charge in [-0.1, -0.05) is 39.8 Å². The number of ether oxygens (including phenoxy) is 2. The number of benzene rings is 1. The van der Waals surface area contributed by atoms with Crippen molar-refractivity contribution in [3.63, 3.8) is 0 Å². The molecule has 1 atom stereocenters. The maximum atomic E-state index is 12.0. The van der Waals surface area contributed by atoms with Crippen LogP contribution < -0.4 is 4.74 Å². The summed E-state index contributed by atoms with van der Waals surface area (Å²) in [5, 5.41) is 0. The van der Waals surface area contributed by atoms with Crippen molar-refractivity contribution in [2.24, 2.45) is 11.3 Å². The third-order valence-corrected chi connectivity index (χ3v) is 3.69. The number of esters is 1. The van der Waals surface area contributed by atoms with E-state index < -0.39 is 0 Å². The molecule has 0 saturated carbocycles. The van der Waals surface area contributed by atoms with Crippen LogP contribution in [0.4, 0.5) is 0 Å². The monoisotopic (exact) mass is 306 g/mol. The van der Waals surface area contributed by atoms with Crippen LogP contribution in [0.15, 0.2) is 24.3 Å². The molecule has 0 spiro atoms. The van der Waals surface area contributed by atoms with Gasteiger partial charge >= 0.3 is 5.97 Å². The van der Waals surface area contributed by atoms with Crippen molar-refractivity contribution in [2.75, 3.05) is 7.11 Å². The lowest BCUT2D eigenvalue weighted by atomic mass is 9.75. The highest BCUT2D eigenvalue weighted by molar-refractivity contribution is 5.85. The summed E-state index contributed by atoms with van der Waals surface area (Å²) < 4.78 is 10.4. The second-order valence-electron chi connectivity index (χ2n) is 6.45. The minimum absolute atomic E-state index is 0.103. The Balaban J connectivity index is 2.62. The first kappa shape index (κ1) is 18.2. The predicted molar refractivity (Wildman–Crippen MR) is 85.7 cm³/mol. The molecule has 0 N–H and O–H groups in total. The molecule has 0 heterocycles. The van der Waals surface area contributed by atoms with E-state index in [9.17, 15) is 9.59 Å². The molecule has 122 valence electrons. The Morgan fingerprint density at radius 3 is 2.45 bits per heavy atom. The minimum Gasteiger partial charge on any atom is -0.497 e. The van der Waals surface area contributed by atoms with E-state index >= 15 is 0 Å². The third-order valence-electron chi connectivity index (χ3n) is 3.69. The topological polar surface area (TPSA) is 52.6 Å². The summed E-state index contributed by atoms with van der Waals surface area (Å²) in [6.45, 7) is 7.93. The Bertz CT molecular complexity index is 514. The molecular weight excluding hydrogens is 280 g/mol. The predicted octanol–water partition coefficient (Wildman–Crippen LogP) is 3.77. The number of carbonyl (C=O) groups is 2. The molecule has 22 heavy (non-hydrogen) atoms. The van der Waals surface area contributed by atoms with E-state index in [4.69, 9.17) is 9.47 Å². The third kappa shape index (κ3) is 5.51. The van der Waals surface area contributed by atoms with E-state index in [1.54, 1.807) is 7.11 Å². The highest BCUT2D eigenvalue weighted by Crippen LogP contribution is 2.30. The Morgan fingerprint density at radius 1 is 1.23 bits per heavy atom. The fourth-order valence-corrected chi connectivity index (χ4v) is 2.30. The average Bonchev–Trinajstić information content (AvgIpc) is 2.49. The van der Waals surface area contributed by atoms with Gasteiger partial charge < -0.3 is 9.47 Å². The van der Waals surface area contributed by atoms with E-state index in [0.29, 0.717) is 6.42 Å². The molecule has 1 unspecified atom stereocenters. The van der Waals surface area contributed by atoms with Gasteiger partial charge in [-0.3, -0.25) is 9.59 Å². The molecule has 0 saturated heterocycles. The van der Waals surface area contributed by atoms with Crippen molar-refractivity contribution in [3.8, 4) is 5.75 Å². The zero-order chi connectivity index (χ0) is 16.8. The number of methoxy groups -OCH3 is 1. The Labute approximate surface area is 132 Å². The number of hydrogen-bond donors (Lipinski definition) is 0. The number of hydrogen-bond acceptors (Lipinski definition) is 4. The quantitative estimate of drug-likeness (QED) is 0.720. The Kier molecular flexibility index (Phi) is 6.60. The van der Waals surface area contributed by atoms with E-state index in [1.165, 1.54) is 0 Å². The second kappa shape index (κ2) is 7.97. The molecular formula is C18H26O4. The van der Waals surface area contributed by atoms with Crippen LogP contribution in [0.1, 0.15) is 46.1 Å². The fourth-order valence-electron chi connectivity index (χ4n) is 2.30. The van der Waals surface area contributed by atoms with Crippen molar-refractivity contribution < 1.29 is 19.1 Å². The lowest BCUT2D eigenvalue weighted by molar-refractivity contribution is -0.149. The lowest BCUT2D eigenvalue weighted by Crippen LogP contribution is -2.31. The molecule has 1 aromatic carbocycles. The van der Waals surface area contributed by atoms with Crippen LogP contribution in [0.25, 0.3) is 0 Å². The standard InChI is InChI=1S/C18H26O4/c1-6-16(19)15(18(2,3)4)11-17(20)22-12-13-8-7-9-14(10-13)21-5/h7-10,15H,6,11-12H2,1-5H3. The maximum absolute atomic E-state index is 12.0. The first-order valence-corrected chi connectivity index (χ1v) is 7.59. The summed E-state index contributed by atoms with van der Waals surface area (Å²) in [5.41, 5.74) is 0.615. The van der Waals surface area contributed by atoms with Crippen LogP contribution in [0.3, 0.4) is 0 Å². The van der Waals surface area contributed by atoms with Crippen LogP contribution in [0.2, 0.25) is 0 Å². The number of Topliss-reactive ketones (excluding diaryl/α,β-unsaturated/α-hetero) is 1. The van der Waals surface area contributed by atoms with Crippen molar-refractivity contribution in [1.82, 2.24) is 0 Å². The normalized spacial score (nSPS) is 12.6. The molecule has 0 aromatic heterocycles. The van der Waals surface area contributed by atoms with Gasteiger partial charge in [0.05, 0.1) is 13.5 Å². The molecule has 1 rings (SSSR count). The maximum Gasteiger partial charge on any atom is 0.306 e. The van der Waals surface area contributed by atoms with Gasteiger partial charge in [0.15, 0.2) is 0 Å². The van der Waals surface area contributed by atoms with Gasteiger partial charge in [-0.15, -0.1) is 0 Å². The first-order chi connectivity index (χ1) is 10.3. The van der Waals surface area contributed by atoms with E-state index in [0.717, 1.165) is 11.3 Å².